The number of anilines is 2. The maximum atomic E-state index is 11.9. The number of carbonyl (C=O) groups is 1. The molecule has 20 heavy (non-hydrogen) atoms. The van der Waals surface area contributed by atoms with E-state index in [4.69, 9.17) is 11.5 Å². The highest BCUT2D eigenvalue weighted by Crippen LogP contribution is 2.15. The van der Waals surface area contributed by atoms with E-state index in [-0.39, 0.29) is 11.7 Å². The van der Waals surface area contributed by atoms with Gasteiger partial charge in [-0.05, 0) is 42.3 Å². The van der Waals surface area contributed by atoms with Crippen LogP contribution in [-0.2, 0) is 6.42 Å². The Morgan fingerprint density at radius 2 is 1.80 bits per heavy atom. The SMILES string of the molecule is Nc1ccc(C(=O)NCCc2ccc(O)cc2)c(N)c1. The molecule has 0 unspecified atom stereocenters. The number of benzene rings is 2. The van der Waals surface area contributed by atoms with Crippen LogP contribution in [0.15, 0.2) is 42.5 Å². The summed E-state index contributed by atoms with van der Waals surface area (Å²) in [5.41, 5.74) is 13.7. The largest absolute Gasteiger partial charge is 0.508 e. The molecule has 5 heteroatoms. The van der Waals surface area contributed by atoms with Gasteiger partial charge in [0.15, 0.2) is 0 Å². The van der Waals surface area contributed by atoms with Crippen molar-refractivity contribution in [2.24, 2.45) is 0 Å². The third-order valence-corrected chi connectivity index (χ3v) is 2.96. The first kappa shape index (κ1) is 13.7. The van der Waals surface area contributed by atoms with E-state index < -0.39 is 0 Å². The van der Waals surface area contributed by atoms with Crippen LogP contribution in [0.4, 0.5) is 11.4 Å². The summed E-state index contributed by atoms with van der Waals surface area (Å²) in [6, 6.07) is 11.7. The fourth-order valence-electron chi connectivity index (χ4n) is 1.87. The summed E-state index contributed by atoms with van der Waals surface area (Å²) < 4.78 is 0. The molecule has 0 atom stereocenters. The normalized spacial score (nSPS) is 10.2. The third-order valence-electron chi connectivity index (χ3n) is 2.96. The van der Waals surface area contributed by atoms with Crippen molar-refractivity contribution in [1.29, 1.82) is 0 Å². The number of aromatic hydroxyl groups is 1. The van der Waals surface area contributed by atoms with Crippen molar-refractivity contribution < 1.29 is 9.90 Å². The molecule has 104 valence electrons. The molecule has 2 aromatic carbocycles. The molecule has 0 saturated carbocycles. The zero-order valence-electron chi connectivity index (χ0n) is 11.0. The summed E-state index contributed by atoms with van der Waals surface area (Å²) in [5.74, 6) is 0.00807. The molecular weight excluding hydrogens is 254 g/mol. The lowest BCUT2D eigenvalue weighted by Crippen LogP contribution is -2.26. The van der Waals surface area contributed by atoms with E-state index in [2.05, 4.69) is 5.32 Å². The Kier molecular flexibility index (Phi) is 4.10. The van der Waals surface area contributed by atoms with Gasteiger partial charge >= 0.3 is 0 Å². The minimum absolute atomic E-state index is 0.221. The molecule has 0 saturated heterocycles. The predicted molar refractivity (Wildman–Crippen MR) is 79.4 cm³/mol. The Bertz CT molecular complexity index is 609. The maximum absolute atomic E-state index is 11.9. The number of rotatable bonds is 4. The molecule has 2 rings (SSSR count). The number of hydrogen-bond donors (Lipinski definition) is 4. The van der Waals surface area contributed by atoms with E-state index in [0.717, 1.165) is 5.56 Å². The molecule has 0 heterocycles. The quantitative estimate of drug-likeness (QED) is 0.633. The van der Waals surface area contributed by atoms with Gasteiger partial charge in [-0.25, -0.2) is 0 Å². The van der Waals surface area contributed by atoms with Crippen LogP contribution in [0.2, 0.25) is 0 Å². The van der Waals surface area contributed by atoms with E-state index >= 15 is 0 Å². The highest BCUT2D eigenvalue weighted by atomic mass is 16.3. The van der Waals surface area contributed by atoms with Crippen LogP contribution in [0.25, 0.3) is 0 Å². The first-order valence-corrected chi connectivity index (χ1v) is 6.27. The molecule has 0 radical (unpaired) electrons. The molecule has 6 N–H and O–H groups in total. The van der Waals surface area contributed by atoms with E-state index in [9.17, 15) is 9.90 Å². The summed E-state index contributed by atoms with van der Waals surface area (Å²) in [7, 11) is 0. The van der Waals surface area contributed by atoms with Crippen LogP contribution < -0.4 is 16.8 Å². The maximum Gasteiger partial charge on any atom is 0.253 e. The fraction of sp³-hybridized carbons (Fsp3) is 0.133. The van der Waals surface area contributed by atoms with E-state index in [1.54, 1.807) is 30.3 Å². The minimum Gasteiger partial charge on any atom is -0.508 e. The average molecular weight is 271 g/mol. The number of phenols is 1. The molecule has 2 aromatic rings. The predicted octanol–water partition coefficient (Wildman–Crippen LogP) is 1.53. The summed E-state index contributed by atoms with van der Waals surface area (Å²) >= 11 is 0. The molecule has 0 aliphatic heterocycles. The molecule has 0 aromatic heterocycles. The van der Waals surface area contributed by atoms with Gasteiger partial charge in [0.05, 0.1) is 5.56 Å². The standard InChI is InChI=1S/C15H17N3O2/c16-11-3-6-13(14(17)9-11)15(20)18-8-7-10-1-4-12(19)5-2-10/h1-6,9,19H,7-8,16-17H2,(H,18,20). The monoisotopic (exact) mass is 271 g/mol. The first-order chi connectivity index (χ1) is 9.56. The Balaban J connectivity index is 1.90. The van der Waals surface area contributed by atoms with Crippen LogP contribution in [0.5, 0.6) is 5.75 Å². The van der Waals surface area contributed by atoms with Gasteiger partial charge < -0.3 is 21.9 Å². The molecule has 0 aliphatic rings. The van der Waals surface area contributed by atoms with Crippen LogP contribution >= 0.6 is 0 Å². The zero-order chi connectivity index (χ0) is 14.5. The number of carbonyl (C=O) groups excluding carboxylic acids is 1. The molecule has 0 aliphatic carbocycles. The molecule has 0 fully saturated rings. The first-order valence-electron chi connectivity index (χ1n) is 6.27. The van der Waals surface area contributed by atoms with Crippen molar-refractivity contribution in [3.8, 4) is 5.75 Å². The lowest BCUT2D eigenvalue weighted by atomic mass is 10.1. The smallest absolute Gasteiger partial charge is 0.253 e. The molecule has 5 nitrogen and oxygen atoms in total. The minimum atomic E-state index is -0.221. The van der Waals surface area contributed by atoms with Gasteiger partial charge in [-0.3, -0.25) is 4.79 Å². The van der Waals surface area contributed by atoms with Gasteiger partial charge in [0, 0.05) is 17.9 Å². The fourth-order valence-corrected chi connectivity index (χ4v) is 1.87. The van der Waals surface area contributed by atoms with Gasteiger partial charge in [0.25, 0.3) is 5.91 Å². The van der Waals surface area contributed by atoms with Gasteiger partial charge in [0.2, 0.25) is 0 Å². The van der Waals surface area contributed by atoms with Crippen molar-refractivity contribution in [3.05, 3.63) is 53.6 Å². The number of hydrogen-bond acceptors (Lipinski definition) is 4. The number of nitrogen functional groups attached to an aromatic ring is 2. The summed E-state index contributed by atoms with van der Waals surface area (Å²) in [5, 5.41) is 12.0. The van der Waals surface area contributed by atoms with Crippen molar-refractivity contribution in [2.45, 2.75) is 6.42 Å². The zero-order valence-corrected chi connectivity index (χ0v) is 11.0. The van der Waals surface area contributed by atoms with E-state index in [1.807, 2.05) is 12.1 Å². The number of nitrogens with one attached hydrogen (secondary N) is 1. The van der Waals surface area contributed by atoms with Crippen molar-refractivity contribution >= 4 is 17.3 Å². The second-order valence-electron chi connectivity index (χ2n) is 4.52. The van der Waals surface area contributed by atoms with E-state index in [1.165, 1.54) is 0 Å². The Hall–Kier alpha value is -2.69. The van der Waals surface area contributed by atoms with Gasteiger partial charge in [0.1, 0.15) is 5.75 Å². The lowest BCUT2D eigenvalue weighted by molar-refractivity contribution is 0.0955. The number of phenolic OH excluding ortho intramolecular Hbond substituents is 1. The highest BCUT2D eigenvalue weighted by molar-refractivity contribution is 5.99. The van der Waals surface area contributed by atoms with Crippen LogP contribution in [0.3, 0.4) is 0 Å². The lowest BCUT2D eigenvalue weighted by Gasteiger charge is -2.08. The summed E-state index contributed by atoms with van der Waals surface area (Å²) in [6.07, 6.45) is 0.681. The van der Waals surface area contributed by atoms with Crippen LogP contribution in [-0.4, -0.2) is 17.6 Å². The Morgan fingerprint density at radius 1 is 1.10 bits per heavy atom. The summed E-state index contributed by atoms with van der Waals surface area (Å²) in [4.78, 5) is 11.9. The second-order valence-corrected chi connectivity index (χ2v) is 4.52. The Morgan fingerprint density at radius 3 is 2.45 bits per heavy atom. The van der Waals surface area contributed by atoms with Crippen molar-refractivity contribution in [3.63, 3.8) is 0 Å². The molecule has 0 bridgehead atoms. The number of nitrogens with two attached hydrogens (primary N) is 2. The Labute approximate surface area is 117 Å². The molecule has 0 spiro atoms. The van der Waals surface area contributed by atoms with E-state index in [0.29, 0.717) is 29.9 Å². The average Bonchev–Trinajstić information content (AvgIpc) is 2.41. The highest BCUT2D eigenvalue weighted by Gasteiger charge is 2.08. The van der Waals surface area contributed by atoms with Gasteiger partial charge in [-0.2, -0.15) is 0 Å². The second kappa shape index (κ2) is 5.97. The summed E-state index contributed by atoms with van der Waals surface area (Å²) in [6.45, 7) is 0.493. The van der Waals surface area contributed by atoms with Crippen LogP contribution in [0, 0.1) is 0 Å². The van der Waals surface area contributed by atoms with Gasteiger partial charge in [-0.15, -0.1) is 0 Å². The van der Waals surface area contributed by atoms with Crippen LogP contribution in [0.1, 0.15) is 15.9 Å². The van der Waals surface area contributed by atoms with Gasteiger partial charge in [-0.1, -0.05) is 12.1 Å². The topological polar surface area (TPSA) is 101 Å². The molecular formula is C15H17N3O2. The van der Waals surface area contributed by atoms with Crippen molar-refractivity contribution in [1.82, 2.24) is 5.32 Å². The third kappa shape index (κ3) is 3.41. The van der Waals surface area contributed by atoms with Crippen molar-refractivity contribution in [2.75, 3.05) is 18.0 Å². The molecule has 1 amide bonds. The number of amides is 1.